The first-order valence-corrected chi connectivity index (χ1v) is 7.91. The van der Waals surface area contributed by atoms with Gasteiger partial charge in [0.25, 0.3) is 0 Å². The minimum atomic E-state index is 0.737. The second-order valence-corrected chi connectivity index (χ2v) is 5.78. The van der Waals surface area contributed by atoms with E-state index in [1.807, 2.05) is 0 Å². The minimum absolute atomic E-state index is 0.737. The fourth-order valence-corrected chi connectivity index (χ4v) is 3.04. The van der Waals surface area contributed by atoms with E-state index in [9.17, 15) is 0 Å². The van der Waals surface area contributed by atoms with E-state index < -0.39 is 0 Å². The summed E-state index contributed by atoms with van der Waals surface area (Å²) in [6.07, 6.45) is 9.50. The monoisotopic (exact) mass is 272 g/mol. The van der Waals surface area contributed by atoms with Crippen LogP contribution in [0.25, 0.3) is 0 Å². The Morgan fingerprint density at radius 2 is 1.80 bits per heavy atom. The lowest BCUT2D eigenvalue weighted by Gasteiger charge is -2.28. The van der Waals surface area contributed by atoms with E-state index in [1.54, 1.807) is 0 Å². The molecule has 0 radical (unpaired) electrons. The molecule has 2 heteroatoms. The van der Waals surface area contributed by atoms with Crippen molar-refractivity contribution in [2.75, 3.05) is 13.6 Å². The fourth-order valence-electron chi connectivity index (χ4n) is 3.04. The van der Waals surface area contributed by atoms with Crippen molar-refractivity contribution in [3.63, 3.8) is 0 Å². The smallest absolute Gasteiger partial charge is 0.0208 e. The van der Waals surface area contributed by atoms with Crippen molar-refractivity contribution in [1.82, 2.24) is 10.6 Å². The topological polar surface area (TPSA) is 24.1 Å². The van der Waals surface area contributed by atoms with Gasteiger partial charge in [0.2, 0.25) is 0 Å². The highest BCUT2D eigenvalue weighted by Gasteiger charge is 2.20. The molecule has 0 aliphatic heterocycles. The molecule has 0 bridgehead atoms. The molecule has 110 valence electrons. The SMILES string of the molecule is CC=CCNCc1ccc([C@H]2CC[C@H](NC)CC2)cc1. The van der Waals surface area contributed by atoms with Gasteiger partial charge in [0.1, 0.15) is 0 Å². The molecule has 0 aromatic heterocycles. The fraction of sp³-hybridized carbons (Fsp3) is 0.556. The van der Waals surface area contributed by atoms with Gasteiger partial charge >= 0.3 is 0 Å². The van der Waals surface area contributed by atoms with Gasteiger partial charge in [0.05, 0.1) is 0 Å². The summed E-state index contributed by atoms with van der Waals surface area (Å²) in [5.74, 6) is 0.768. The molecular formula is C18H28N2. The summed E-state index contributed by atoms with van der Waals surface area (Å²) in [6.45, 7) is 3.96. The lowest BCUT2D eigenvalue weighted by atomic mass is 9.81. The van der Waals surface area contributed by atoms with E-state index >= 15 is 0 Å². The van der Waals surface area contributed by atoms with Crippen molar-refractivity contribution >= 4 is 0 Å². The maximum Gasteiger partial charge on any atom is 0.0208 e. The Kier molecular flexibility index (Phi) is 6.28. The number of rotatable bonds is 6. The molecule has 2 N–H and O–H groups in total. The van der Waals surface area contributed by atoms with Gasteiger partial charge in [0.15, 0.2) is 0 Å². The van der Waals surface area contributed by atoms with Crippen LogP contribution in [0.5, 0.6) is 0 Å². The Morgan fingerprint density at radius 3 is 2.40 bits per heavy atom. The molecular weight excluding hydrogens is 244 g/mol. The summed E-state index contributed by atoms with van der Waals surface area (Å²) >= 11 is 0. The van der Waals surface area contributed by atoms with Crippen molar-refractivity contribution in [2.24, 2.45) is 0 Å². The van der Waals surface area contributed by atoms with Crippen LogP contribution in [0.3, 0.4) is 0 Å². The van der Waals surface area contributed by atoms with Crippen molar-refractivity contribution in [3.8, 4) is 0 Å². The molecule has 0 amide bonds. The van der Waals surface area contributed by atoms with Crippen LogP contribution in [-0.4, -0.2) is 19.6 Å². The summed E-state index contributed by atoms with van der Waals surface area (Å²) in [7, 11) is 2.08. The number of allylic oxidation sites excluding steroid dienone is 1. The average Bonchev–Trinajstić information content (AvgIpc) is 2.52. The van der Waals surface area contributed by atoms with Crippen LogP contribution >= 0.6 is 0 Å². The summed E-state index contributed by atoms with van der Waals surface area (Å²) < 4.78 is 0. The summed E-state index contributed by atoms with van der Waals surface area (Å²) in [5, 5.41) is 6.82. The molecule has 1 aliphatic carbocycles. The molecule has 2 nitrogen and oxygen atoms in total. The largest absolute Gasteiger partial charge is 0.317 e. The molecule has 20 heavy (non-hydrogen) atoms. The molecule has 0 saturated heterocycles. The zero-order valence-electron chi connectivity index (χ0n) is 12.9. The molecule has 0 unspecified atom stereocenters. The number of nitrogens with one attached hydrogen (secondary N) is 2. The third-order valence-electron chi connectivity index (χ3n) is 4.41. The van der Waals surface area contributed by atoms with Crippen LogP contribution in [0.1, 0.15) is 49.7 Å². The highest BCUT2D eigenvalue weighted by Crippen LogP contribution is 2.32. The number of hydrogen-bond acceptors (Lipinski definition) is 2. The second kappa shape index (κ2) is 8.23. The van der Waals surface area contributed by atoms with Gasteiger partial charge in [-0.25, -0.2) is 0 Å². The predicted molar refractivity (Wildman–Crippen MR) is 87.0 cm³/mol. The van der Waals surface area contributed by atoms with E-state index in [0.29, 0.717) is 0 Å². The first kappa shape index (κ1) is 15.3. The molecule has 0 heterocycles. The Balaban J connectivity index is 1.82. The van der Waals surface area contributed by atoms with Gasteiger partial charge in [0, 0.05) is 19.1 Å². The van der Waals surface area contributed by atoms with Crippen LogP contribution in [-0.2, 0) is 6.54 Å². The van der Waals surface area contributed by atoms with Crippen LogP contribution in [0.15, 0.2) is 36.4 Å². The molecule has 1 aromatic rings. The van der Waals surface area contributed by atoms with Gasteiger partial charge in [-0.15, -0.1) is 0 Å². The molecule has 1 aromatic carbocycles. The van der Waals surface area contributed by atoms with Gasteiger partial charge in [-0.05, 0) is 56.7 Å². The highest BCUT2D eigenvalue weighted by atomic mass is 14.9. The van der Waals surface area contributed by atoms with Gasteiger partial charge in [-0.2, -0.15) is 0 Å². The Labute approximate surface area is 123 Å². The Hall–Kier alpha value is -1.12. The van der Waals surface area contributed by atoms with Crippen LogP contribution in [0.4, 0.5) is 0 Å². The van der Waals surface area contributed by atoms with Crippen LogP contribution in [0.2, 0.25) is 0 Å². The summed E-state index contributed by atoms with van der Waals surface area (Å²) in [5.41, 5.74) is 2.90. The normalized spacial score (nSPS) is 23.3. The zero-order chi connectivity index (χ0) is 14.2. The molecule has 1 fully saturated rings. The third kappa shape index (κ3) is 4.46. The standard InChI is InChI=1S/C18H28N2/c1-3-4-13-20-14-15-5-7-16(8-6-15)17-9-11-18(19-2)12-10-17/h3-8,17-20H,9-14H2,1-2H3/t17-,18-. The van der Waals surface area contributed by atoms with E-state index in [4.69, 9.17) is 0 Å². The first-order chi connectivity index (χ1) is 9.83. The van der Waals surface area contributed by atoms with Gasteiger partial charge < -0.3 is 10.6 Å². The summed E-state index contributed by atoms with van der Waals surface area (Å²) in [4.78, 5) is 0. The van der Waals surface area contributed by atoms with E-state index in [1.165, 1.54) is 36.8 Å². The number of benzene rings is 1. The molecule has 1 aliphatic rings. The van der Waals surface area contributed by atoms with Gasteiger partial charge in [-0.1, -0.05) is 36.4 Å². The van der Waals surface area contributed by atoms with Gasteiger partial charge in [-0.3, -0.25) is 0 Å². The Bertz CT molecular complexity index is 400. The van der Waals surface area contributed by atoms with Crippen molar-refractivity contribution in [2.45, 2.75) is 51.1 Å². The van der Waals surface area contributed by atoms with Crippen molar-refractivity contribution < 1.29 is 0 Å². The maximum absolute atomic E-state index is 3.42. The van der Waals surface area contributed by atoms with E-state index in [0.717, 1.165) is 25.0 Å². The molecule has 2 rings (SSSR count). The molecule has 0 atom stereocenters. The molecule has 1 saturated carbocycles. The van der Waals surface area contributed by atoms with Crippen molar-refractivity contribution in [1.29, 1.82) is 0 Å². The highest BCUT2D eigenvalue weighted by molar-refractivity contribution is 5.25. The maximum atomic E-state index is 3.42. The zero-order valence-corrected chi connectivity index (χ0v) is 12.9. The Morgan fingerprint density at radius 1 is 1.10 bits per heavy atom. The minimum Gasteiger partial charge on any atom is -0.317 e. The first-order valence-electron chi connectivity index (χ1n) is 7.91. The number of hydrogen-bond donors (Lipinski definition) is 2. The lowest BCUT2D eigenvalue weighted by molar-refractivity contribution is 0.359. The summed E-state index contributed by atoms with van der Waals surface area (Å²) in [6, 6.07) is 9.96. The van der Waals surface area contributed by atoms with E-state index in [2.05, 4.69) is 61.0 Å². The lowest BCUT2D eigenvalue weighted by Crippen LogP contribution is -2.29. The predicted octanol–water partition coefficient (Wildman–Crippen LogP) is 3.60. The van der Waals surface area contributed by atoms with Crippen LogP contribution < -0.4 is 10.6 Å². The molecule has 0 spiro atoms. The van der Waals surface area contributed by atoms with E-state index in [-0.39, 0.29) is 0 Å². The average molecular weight is 272 g/mol. The second-order valence-electron chi connectivity index (χ2n) is 5.78. The van der Waals surface area contributed by atoms with Crippen molar-refractivity contribution in [3.05, 3.63) is 47.5 Å². The van der Waals surface area contributed by atoms with Crippen LogP contribution in [0, 0.1) is 0 Å². The quantitative estimate of drug-likeness (QED) is 0.611. The third-order valence-corrected chi connectivity index (χ3v) is 4.41.